The van der Waals surface area contributed by atoms with Gasteiger partial charge in [0.2, 0.25) is 17.5 Å². The van der Waals surface area contributed by atoms with E-state index in [-0.39, 0.29) is 5.75 Å². The molecule has 1 unspecified atom stereocenters. The van der Waals surface area contributed by atoms with Gasteiger partial charge < -0.3 is 29.9 Å². The van der Waals surface area contributed by atoms with Crippen molar-refractivity contribution < 1.29 is 49.1 Å². The molecule has 1 aliphatic rings. The molecule has 38 heavy (non-hydrogen) atoms. The molecule has 0 radical (unpaired) electrons. The standard InChI is InChI=1S/C28H32O10/c1-15-10-12-20(13-11-15)14-21-8-6-7-9-22(21)37-25-27(35,18(4)31)28(36,19(5)32)26(34,17(3)30)24(38-25)23(33)16(2)29/h6-13,16,24-25,29,34-36H,14H2,1-5H3/t16?,24-,25+,26-,27+,28+/m1/s1. The summed E-state index contributed by atoms with van der Waals surface area (Å²) in [6.07, 6.45) is -6.10. The van der Waals surface area contributed by atoms with Crippen molar-refractivity contribution in [3.8, 4) is 5.75 Å². The lowest BCUT2D eigenvalue weighted by Gasteiger charge is -2.56. The molecule has 0 spiro atoms. The van der Waals surface area contributed by atoms with E-state index in [4.69, 9.17) is 9.47 Å². The van der Waals surface area contributed by atoms with Gasteiger partial charge in [-0.3, -0.25) is 19.2 Å². The Bertz CT molecular complexity index is 1250. The minimum absolute atomic E-state index is 0.0696. The van der Waals surface area contributed by atoms with Gasteiger partial charge in [-0.1, -0.05) is 48.0 Å². The van der Waals surface area contributed by atoms with Crippen LogP contribution in [0.15, 0.2) is 48.5 Å². The summed E-state index contributed by atoms with van der Waals surface area (Å²) >= 11 is 0. The molecule has 204 valence electrons. The number of aliphatic hydroxyl groups excluding tert-OH is 1. The van der Waals surface area contributed by atoms with Crippen LogP contribution < -0.4 is 4.74 Å². The summed E-state index contributed by atoms with van der Waals surface area (Å²) in [6.45, 7) is 5.26. The maximum atomic E-state index is 12.9. The summed E-state index contributed by atoms with van der Waals surface area (Å²) in [5, 5.41) is 44.6. The van der Waals surface area contributed by atoms with Gasteiger partial charge in [-0.05, 0) is 51.8 Å². The zero-order valence-electron chi connectivity index (χ0n) is 21.8. The molecule has 4 N–H and O–H groups in total. The van der Waals surface area contributed by atoms with Crippen LogP contribution >= 0.6 is 0 Å². The molecule has 0 aromatic heterocycles. The molecule has 0 amide bonds. The minimum atomic E-state index is -3.58. The zero-order valence-corrected chi connectivity index (χ0v) is 21.8. The van der Waals surface area contributed by atoms with Crippen LogP contribution in [0.4, 0.5) is 0 Å². The molecule has 0 saturated carbocycles. The number of hydrogen-bond acceptors (Lipinski definition) is 10. The molecule has 2 aromatic carbocycles. The van der Waals surface area contributed by atoms with E-state index in [1.807, 2.05) is 31.2 Å². The van der Waals surface area contributed by atoms with Gasteiger partial charge in [-0.15, -0.1) is 0 Å². The number of benzene rings is 2. The number of ether oxygens (including phenoxy) is 2. The molecule has 0 bridgehead atoms. The Hall–Kier alpha value is -3.28. The molecule has 0 aliphatic carbocycles. The highest BCUT2D eigenvalue weighted by Crippen LogP contribution is 2.47. The van der Waals surface area contributed by atoms with Gasteiger partial charge in [0.25, 0.3) is 0 Å². The average Bonchev–Trinajstić information content (AvgIpc) is 2.85. The van der Waals surface area contributed by atoms with Crippen molar-refractivity contribution in [1.29, 1.82) is 0 Å². The van der Waals surface area contributed by atoms with Gasteiger partial charge in [0.05, 0.1) is 0 Å². The molecule has 6 atom stereocenters. The highest BCUT2D eigenvalue weighted by atomic mass is 16.7. The molecule has 1 heterocycles. The van der Waals surface area contributed by atoms with Crippen molar-refractivity contribution in [2.45, 2.75) is 76.3 Å². The van der Waals surface area contributed by atoms with Gasteiger partial charge in [-0.2, -0.15) is 0 Å². The number of carbonyl (C=O) groups excluding carboxylic acids is 4. The van der Waals surface area contributed by atoms with Gasteiger partial charge in [0.1, 0.15) is 11.9 Å². The Labute approximate surface area is 219 Å². The third-order valence-corrected chi connectivity index (χ3v) is 7.06. The summed E-state index contributed by atoms with van der Waals surface area (Å²) < 4.78 is 11.4. The summed E-state index contributed by atoms with van der Waals surface area (Å²) in [5.41, 5.74) is -7.85. The second kappa shape index (κ2) is 10.5. The lowest BCUT2D eigenvalue weighted by molar-refractivity contribution is -0.344. The van der Waals surface area contributed by atoms with Crippen molar-refractivity contribution in [3.05, 3.63) is 65.2 Å². The Morgan fingerprint density at radius 1 is 0.895 bits per heavy atom. The van der Waals surface area contributed by atoms with Crippen molar-refractivity contribution in [2.24, 2.45) is 0 Å². The topological polar surface area (TPSA) is 168 Å². The Morgan fingerprint density at radius 3 is 1.95 bits per heavy atom. The maximum Gasteiger partial charge on any atom is 0.240 e. The Kier molecular flexibility index (Phi) is 8.07. The number of carbonyl (C=O) groups is 4. The van der Waals surface area contributed by atoms with E-state index < -0.39 is 58.4 Å². The van der Waals surface area contributed by atoms with Crippen molar-refractivity contribution in [3.63, 3.8) is 0 Å². The molecular formula is C28H32O10. The average molecular weight is 529 g/mol. The lowest BCUT2D eigenvalue weighted by atomic mass is 9.60. The first-order chi connectivity index (χ1) is 17.6. The SMILES string of the molecule is CC(=O)[C@]1(O)[C@@](O)(C(C)=O)[C@@H](C(=O)C(C)O)O[C@H](Oc2ccccc2Cc2ccc(C)cc2)[C@@]1(O)C(C)=O. The van der Waals surface area contributed by atoms with Crippen LogP contribution in [0.3, 0.4) is 0 Å². The van der Waals surface area contributed by atoms with E-state index in [0.29, 0.717) is 12.0 Å². The van der Waals surface area contributed by atoms with Crippen LogP contribution in [-0.4, -0.2) is 78.9 Å². The predicted molar refractivity (Wildman–Crippen MR) is 133 cm³/mol. The van der Waals surface area contributed by atoms with Crippen molar-refractivity contribution in [2.75, 3.05) is 0 Å². The normalized spacial score (nSPS) is 29.8. The minimum Gasteiger partial charge on any atom is -0.461 e. The maximum absolute atomic E-state index is 12.9. The molecule has 10 heteroatoms. The zero-order chi connectivity index (χ0) is 28.6. The second-order valence-electron chi connectivity index (χ2n) is 9.73. The fraction of sp³-hybridized carbons (Fsp3) is 0.429. The molecule has 3 rings (SSSR count). The molecule has 1 aliphatic heterocycles. The number of Topliss-reactive ketones (excluding diaryl/α,β-unsaturated/α-hetero) is 4. The third-order valence-electron chi connectivity index (χ3n) is 7.06. The Morgan fingerprint density at radius 2 is 1.45 bits per heavy atom. The lowest BCUT2D eigenvalue weighted by Crippen LogP contribution is -2.87. The van der Waals surface area contributed by atoms with E-state index in [0.717, 1.165) is 38.8 Å². The van der Waals surface area contributed by atoms with Crippen LogP contribution in [0.5, 0.6) is 5.75 Å². The highest BCUT2D eigenvalue weighted by Gasteiger charge is 2.80. The third kappa shape index (κ3) is 4.48. The first-order valence-corrected chi connectivity index (χ1v) is 12.0. The summed E-state index contributed by atoms with van der Waals surface area (Å²) in [4.78, 5) is 51.4. The van der Waals surface area contributed by atoms with Gasteiger partial charge >= 0.3 is 0 Å². The molecular weight excluding hydrogens is 496 g/mol. The van der Waals surface area contributed by atoms with Crippen LogP contribution in [0.1, 0.15) is 44.4 Å². The number of rotatable bonds is 9. The number of aliphatic hydroxyl groups is 4. The predicted octanol–water partition coefficient (Wildman–Crippen LogP) is 0.600. The monoisotopic (exact) mass is 528 g/mol. The molecule has 1 fully saturated rings. The molecule has 10 nitrogen and oxygen atoms in total. The van der Waals surface area contributed by atoms with Crippen LogP contribution in [0, 0.1) is 6.92 Å². The van der Waals surface area contributed by atoms with E-state index in [1.165, 1.54) is 6.07 Å². The van der Waals surface area contributed by atoms with Gasteiger partial charge in [-0.25, -0.2) is 0 Å². The second-order valence-corrected chi connectivity index (χ2v) is 9.73. The van der Waals surface area contributed by atoms with Crippen LogP contribution in [-0.2, 0) is 30.3 Å². The van der Waals surface area contributed by atoms with Crippen LogP contribution in [0.2, 0.25) is 0 Å². The highest BCUT2D eigenvalue weighted by molar-refractivity contribution is 6.08. The van der Waals surface area contributed by atoms with Crippen molar-refractivity contribution in [1.82, 2.24) is 0 Å². The van der Waals surface area contributed by atoms with E-state index >= 15 is 0 Å². The summed E-state index contributed by atoms with van der Waals surface area (Å²) in [5.74, 6) is -5.25. The molecule has 1 saturated heterocycles. The van der Waals surface area contributed by atoms with E-state index in [9.17, 15) is 39.6 Å². The summed E-state index contributed by atoms with van der Waals surface area (Å²) in [7, 11) is 0. The first-order valence-electron chi connectivity index (χ1n) is 12.0. The molecule has 2 aromatic rings. The number of ketones is 4. The summed E-state index contributed by atoms with van der Waals surface area (Å²) in [6, 6.07) is 14.1. The van der Waals surface area contributed by atoms with Gasteiger partial charge in [0.15, 0.2) is 34.8 Å². The Balaban J connectivity index is 2.20. The largest absolute Gasteiger partial charge is 0.461 e. The van der Waals surface area contributed by atoms with Gasteiger partial charge in [0, 0.05) is 6.42 Å². The first kappa shape index (κ1) is 29.3. The van der Waals surface area contributed by atoms with E-state index in [1.54, 1.807) is 18.2 Å². The fourth-order valence-electron chi connectivity index (χ4n) is 4.78. The van der Waals surface area contributed by atoms with Crippen LogP contribution in [0.25, 0.3) is 0 Å². The quantitative estimate of drug-likeness (QED) is 0.362. The fourth-order valence-corrected chi connectivity index (χ4v) is 4.78. The van der Waals surface area contributed by atoms with E-state index in [2.05, 4.69) is 0 Å². The number of aryl methyl sites for hydroxylation is 1. The smallest absolute Gasteiger partial charge is 0.240 e. The van der Waals surface area contributed by atoms with Crippen molar-refractivity contribution >= 4 is 23.1 Å². The number of para-hydroxylation sites is 1. The number of hydrogen-bond donors (Lipinski definition) is 4.